The first-order valence-corrected chi connectivity index (χ1v) is 9.69. The third-order valence-corrected chi connectivity index (χ3v) is 5.97. The van der Waals surface area contributed by atoms with Crippen molar-refractivity contribution in [3.8, 4) is 0 Å². The first-order valence-electron chi connectivity index (χ1n) is 9.69. The van der Waals surface area contributed by atoms with Gasteiger partial charge in [0, 0.05) is 6.42 Å². The highest BCUT2D eigenvalue weighted by Crippen LogP contribution is 2.60. The van der Waals surface area contributed by atoms with Gasteiger partial charge in [-0.15, -0.1) is 0 Å². The Hall–Kier alpha value is -1.26. The number of hydrogen-bond donors (Lipinski definition) is 0. The molecule has 0 aliphatic heterocycles. The van der Waals surface area contributed by atoms with Gasteiger partial charge in [-0.25, -0.2) is 4.79 Å². The van der Waals surface area contributed by atoms with Gasteiger partial charge in [-0.3, -0.25) is 4.79 Å². The molecular formula is C20H32O5. The van der Waals surface area contributed by atoms with E-state index in [1.54, 1.807) is 0 Å². The summed E-state index contributed by atoms with van der Waals surface area (Å²) in [4.78, 5) is 24.7. The molecule has 4 rings (SSSR count). The Morgan fingerprint density at radius 3 is 2.04 bits per heavy atom. The van der Waals surface area contributed by atoms with Gasteiger partial charge in [0.15, 0.2) is 0 Å². The van der Waals surface area contributed by atoms with Crippen LogP contribution >= 0.6 is 0 Å². The predicted molar refractivity (Wildman–Crippen MR) is 93.0 cm³/mol. The van der Waals surface area contributed by atoms with Crippen molar-refractivity contribution < 1.29 is 23.8 Å². The molecule has 4 fully saturated rings. The van der Waals surface area contributed by atoms with Crippen LogP contribution in [0.2, 0.25) is 0 Å². The fourth-order valence-corrected chi connectivity index (χ4v) is 5.26. The Morgan fingerprint density at radius 2 is 1.56 bits per heavy atom. The highest BCUT2D eigenvalue weighted by molar-refractivity contribution is 5.72. The molecule has 3 atom stereocenters. The minimum atomic E-state index is -0.599. The molecule has 4 aliphatic rings. The Morgan fingerprint density at radius 1 is 1.04 bits per heavy atom. The minimum Gasteiger partial charge on any atom is -0.459 e. The number of carbonyl (C=O) groups excluding carboxylic acids is 2. The summed E-state index contributed by atoms with van der Waals surface area (Å²) in [6.45, 7) is 9.42. The van der Waals surface area contributed by atoms with Crippen LogP contribution in [0.4, 0.5) is 4.79 Å². The molecular weight excluding hydrogens is 320 g/mol. The van der Waals surface area contributed by atoms with Gasteiger partial charge in [-0.2, -0.15) is 0 Å². The van der Waals surface area contributed by atoms with Crippen molar-refractivity contribution in [2.24, 2.45) is 17.8 Å². The van der Waals surface area contributed by atoms with Gasteiger partial charge in [0.2, 0.25) is 0 Å². The van der Waals surface area contributed by atoms with Crippen LogP contribution in [0.3, 0.4) is 0 Å². The van der Waals surface area contributed by atoms with Gasteiger partial charge in [0.1, 0.15) is 16.8 Å². The first-order chi connectivity index (χ1) is 11.5. The SMILES string of the molecule is CCC(C)C(=O)OC12CC3CC(CC(OC(=O)OC(C)(C)C)(C3)C1)C2. The van der Waals surface area contributed by atoms with Crippen molar-refractivity contribution in [1.29, 1.82) is 0 Å². The van der Waals surface area contributed by atoms with E-state index in [4.69, 9.17) is 14.2 Å². The summed E-state index contributed by atoms with van der Waals surface area (Å²) in [6, 6.07) is 0. The van der Waals surface area contributed by atoms with E-state index in [1.807, 2.05) is 34.6 Å². The zero-order valence-electron chi connectivity index (χ0n) is 16.2. The third kappa shape index (κ3) is 3.95. The summed E-state index contributed by atoms with van der Waals surface area (Å²) < 4.78 is 17.3. The lowest BCUT2D eigenvalue weighted by atomic mass is 9.52. The molecule has 0 aromatic heterocycles. The Labute approximate surface area is 150 Å². The Balaban J connectivity index is 1.74. The molecule has 0 heterocycles. The van der Waals surface area contributed by atoms with Gasteiger partial charge in [0.05, 0.1) is 5.92 Å². The van der Waals surface area contributed by atoms with E-state index in [0.29, 0.717) is 18.3 Å². The maximum absolute atomic E-state index is 12.4. The maximum atomic E-state index is 12.4. The lowest BCUT2D eigenvalue weighted by Crippen LogP contribution is -2.62. The molecule has 0 spiro atoms. The maximum Gasteiger partial charge on any atom is 0.509 e. The van der Waals surface area contributed by atoms with E-state index in [9.17, 15) is 9.59 Å². The average Bonchev–Trinajstić information content (AvgIpc) is 2.41. The summed E-state index contributed by atoms with van der Waals surface area (Å²) in [7, 11) is 0. The van der Waals surface area contributed by atoms with Crippen LogP contribution in [0.1, 0.15) is 79.6 Å². The number of esters is 1. The number of ether oxygens (including phenoxy) is 3. The molecule has 25 heavy (non-hydrogen) atoms. The summed E-state index contributed by atoms with van der Waals surface area (Å²) in [6.07, 6.45) is 5.50. The lowest BCUT2D eigenvalue weighted by Gasteiger charge is -2.60. The third-order valence-electron chi connectivity index (χ3n) is 5.97. The first kappa shape index (κ1) is 18.5. The summed E-state index contributed by atoms with van der Waals surface area (Å²) in [5.41, 5.74) is -1.55. The van der Waals surface area contributed by atoms with Crippen LogP contribution in [-0.4, -0.2) is 28.9 Å². The molecule has 0 saturated heterocycles. The second kappa shape index (κ2) is 6.17. The summed E-state index contributed by atoms with van der Waals surface area (Å²) in [5.74, 6) is 0.731. The van der Waals surface area contributed by atoms with Crippen LogP contribution in [0.25, 0.3) is 0 Å². The normalized spacial score (nSPS) is 37.5. The molecule has 4 bridgehead atoms. The van der Waals surface area contributed by atoms with Crippen molar-refractivity contribution in [3.05, 3.63) is 0 Å². The minimum absolute atomic E-state index is 0.0873. The highest BCUT2D eigenvalue weighted by atomic mass is 16.7. The van der Waals surface area contributed by atoms with Crippen LogP contribution < -0.4 is 0 Å². The Kier molecular flexibility index (Phi) is 4.57. The fraction of sp³-hybridized carbons (Fsp3) is 0.900. The molecule has 4 aliphatic carbocycles. The zero-order valence-corrected chi connectivity index (χ0v) is 16.2. The van der Waals surface area contributed by atoms with Gasteiger partial charge < -0.3 is 14.2 Å². The number of hydrogen-bond acceptors (Lipinski definition) is 5. The second-order valence-corrected chi connectivity index (χ2v) is 9.62. The fourth-order valence-electron chi connectivity index (χ4n) is 5.26. The van der Waals surface area contributed by atoms with Crippen LogP contribution in [0, 0.1) is 17.8 Å². The van der Waals surface area contributed by atoms with Crippen LogP contribution in [-0.2, 0) is 19.0 Å². The number of carbonyl (C=O) groups is 2. The predicted octanol–water partition coefficient (Wildman–Crippen LogP) is 4.62. The molecule has 5 nitrogen and oxygen atoms in total. The monoisotopic (exact) mass is 352 g/mol. The molecule has 0 radical (unpaired) electrons. The molecule has 0 amide bonds. The van der Waals surface area contributed by atoms with Gasteiger partial charge in [0.25, 0.3) is 0 Å². The highest BCUT2D eigenvalue weighted by Gasteiger charge is 2.61. The van der Waals surface area contributed by atoms with E-state index in [-0.39, 0.29) is 11.9 Å². The lowest BCUT2D eigenvalue weighted by molar-refractivity contribution is -0.227. The summed E-state index contributed by atoms with van der Waals surface area (Å²) >= 11 is 0. The van der Waals surface area contributed by atoms with Crippen molar-refractivity contribution >= 4 is 12.1 Å². The van der Waals surface area contributed by atoms with Gasteiger partial charge >= 0.3 is 12.1 Å². The van der Waals surface area contributed by atoms with E-state index in [0.717, 1.165) is 38.5 Å². The largest absolute Gasteiger partial charge is 0.509 e. The van der Waals surface area contributed by atoms with Crippen molar-refractivity contribution in [2.75, 3.05) is 0 Å². The molecule has 0 aromatic carbocycles. The average molecular weight is 352 g/mol. The van der Waals surface area contributed by atoms with E-state index in [1.165, 1.54) is 0 Å². The van der Waals surface area contributed by atoms with E-state index in [2.05, 4.69) is 0 Å². The molecule has 0 aromatic rings. The second-order valence-electron chi connectivity index (χ2n) is 9.62. The summed E-state index contributed by atoms with van der Waals surface area (Å²) in [5, 5.41) is 0. The van der Waals surface area contributed by atoms with E-state index >= 15 is 0 Å². The van der Waals surface area contributed by atoms with Crippen molar-refractivity contribution in [1.82, 2.24) is 0 Å². The smallest absolute Gasteiger partial charge is 0.459 e. The van der Waals surface area contributed by atoms with Gasteiger partial charge in [-0.05, 0) is 71.1 Å². The van der Waals surface area contributed by atoms with Crippen LogP contribution in [0.15, 0.2) is 0 Å². The molecule has 142 valence electrons. The molecule has 5 heteroatoms. The molecule has 3 unspecified atom stereocenters. The molecule has 0 N–H and O–H groups in total. The topological polar surface area (TPSA) is 61.8 Å². The van der Waals surface area contributed by atoms with Gasteiger partial charge in [-0.1, -0.05) is 13.8 Å². The zero-order chi connectivity index (χ0) is 18.5. The Bertz CT molecular complexity index is 533. The standard InChI is InChI=1S/C20H32O5/c1-6-13(2)16(21)23-19-8-14-7-15(9-19)11-20(10-14,12-19)25-17(22)24-18(3,4)5/h13-15H,6-12H2,1-5H3. The van der Waals surface area contributed by atoms with Crippen LogP contribution in [0.5, 0.6) is 0 Å². The van der Waals surface area contributed by atoms with E-state index < -0.39 is 23.0 Å². The number of rotatable bonds is 4. The quantitative estimate of drug-likeness (QED) is 0.691. The van der Waals surface area contributed by atoms with Crippen molar-refractivity contribution in [3.63, 3.8) is 0 Å². The molecule has 4 saturated carbocycles. The van der Waals surface area contributed by atoms with Crippen molar-refractivity contribution in [2.45, 2.75) is 96.4 Å².